The van der Waals surface area contributed by atoms with E-state index in [-0.39, 0.29) is 23.4 Å². The molecule has 1 heterocycles. The molecule has 0 bridgehead atoms. The molecule has 1 aliphatic heterocycles. The van der Waals surface area contributed by atoms with E-state index in [0.29, 0.717) is 13.2 Å². The lowest BCUT2D eigenvalue weighted by Gasteiger charge is -2.25. The maximum absolute atomic E-state index is 12.2. The molecule has 2 N–H and O–H groups in total. The van der Waals surface area contributed by atoms with Gasteiger partial charge in [0.1, 0.15) is 6.04 Å². The summed E-state index contributed by atoms with van der Waals surface area (Å²) in [5.41, 5.74) is 2.56. The van der Waals surface area contributed by atoms with Gasteiger partial charge in [-0.3, -0.25) is 4.79 Å². The standard InChI is InChI=1S/C17H26N2O2/c1-12(19-16(20)15-11-21-10-9-18-15)13-5-7-14(8-6-13)17(2,3)4/h5-8,12,15,18H,9-11H2,1-4H3,(H,19,20)/t12-,15-/m0/s1. The molecule has 116 valence electrons. The number of hydrogen-bond acceptors (Lipinski definition) is 3. The molecule has 1 saturated heterocycles. The average Bonchev–Trinajstić information content (AvgIpc) is 2.47. The summed E-state index contributed by atoms with van der Waals surface area (Å²) in [5.74, 6) is 0.00194. The highest BCUT2D eigenvalue weighted by atomic mass is 16.5. The fraction of sp³-hybridized carbons (Fsp3) is 0.588. The number of morpholine rings is 1. The third-order valence-corrected chi connectivity index (χ3v) is 3.87. The van der Waals surface area contributed by atoms with Crippen LogP contribution in [0.25, 0.3) is 0 Å². The minimum atomic E-state index is -0.241. The molecule has 1 fully saturated rings. The SMILES string of the molecule is C[C@H](NC(=O)[C@@H]1COCCN1)c1ccc(C(C)(C)C)cc1. The second-order valence-corrected chi connectivity index (χ2v) is 6.68. The first-order chi connectivity index (χ1) is 9.88. The van der Waals surface area contributed by atoms with Crippen molar-refractivity contribution in [2.75, 3.05) is 19.8 Å². The number of carbonyl (C=O) groups is 1. The Morgan fingerprint density at radius 2 is 2.00 bits per heavy atom. The Morgan fingerprint density at radius 3 is 2.52 bits per heavy atom. The van der Waals surface area contributed by atoms with Gasteiger partial charge in [-0.2, -0.15) is 0 Å². The summed E-state index contributed by atoms with van der Waals surface area (Å²) in [6.45, 7) is 10.4. The van der Waals surface area contributed by atoms with Crippen molar-refractivity contribution < 1.29 is 9.53 Å². The summed E-state index contributed by atoms with van der Waals surface area (Å²) in [6.07, 6.45) is 0. The molecule has 2 rings (SSSR count). The van der Waals surface area contributed by atoms with Crippen LogP contribution in [0.15, 0.2) is 24.3 Å². The van der Waals surface area contributed by atoms with Gasteiger partial charge in [-0.05, 0) is 23.5 Å². The van der Waals surface area contributed by atoms with Crippen LogP contribution in [-0.2, 0) is 14.9 Å². The summed E-state index contributed by atoms with van der Waals surface area (Å²) in [6, 6.07) is 8.22. The third-order valence-electron chi connectivity index (χ3n) is 3.87. The van der Waals surface area contributed by atoms with E-state index in [9.17, 15) is 4.79 Å². The van der Waals surface area contributed by atoms with Crippen molar-refractivity contribution in [2.24, 2.45) is 0 Å². The van der Waals surface area contributed by atoms with Gasteiger partial charge in [0.05, 0.1) is 19.3 Å². The maximum Gasteiger partial charge on any atom is 0.240 e. The van der Waals surface area contributed by atoms with Gasteiger partial charge in [-0.25, -0.2) is 0 Å². The predicted octanol–water partition coefficient (Wildman–Crippen LogP) is 2.15. The molecule has 1 amide bonds. The lowest BCUT2D eigenvalue weighted by molar-refractivity contribution is -0.126. The Bertz CT molecular complexity index is 471. The van der Waals surface area contributed by atoms with Gasteiger partial charge >= 0.3 is 0 Å². The molecule has 2 atom stereocenters. The summed E-state index contributed by atoms with van der Waals surface area (Å²) in [5, 5.41) is 6.21. The van der Waals surface area contributed by atoms with Crippen molar-refractivity contribution >= 4 is 5.91 Å². The van der Waals surface area contributed by atoms with Gasteiger partial charge in [-0.15, -0.1) is 0 Å². The van der Waals surface area contributed by atoms with Crippen LogP contribution in [0.5, 0.6) is 0 Å². The van der Waals surface area contributed by atoms with Crippen molar-refractivity contribution in [3.8, 4) is 0 Å². The summed E-state index contributed by atoms with van der Waals surface area (Å²) in [4.78, 5) is 12.2. The first-order valence-corrected chi connectivity index (χ1v) is 7.60. The quantitative estimate of drug-likeness (QED) is 0.897. The number of amides is 1. The molecular weight excluding hydrogens is 264 g/mol. The third kappa shape index (κ3) is 4.29. The molecule has 0 aliphatic carbocycles. The van der Waals surface area contributed by atoms with Gasteiger partial charge < -0.3 is 15.4 Å². The molecule has 4 heteroatoms. The number of nitrogens with one attached hydrogen (secondary N) is 2. The van der Waals surface area contributed by atoms with Crippen LogP contribution in [0, 0.1) is 0 Å². The van der Waals surface area contributed by atoms with Gasteiger partial charge in [-0.1, -0.05) is 45.0 Å². The Kier molecular flexibility index (Phi) is 5.01. The molecule has 1 aromatic rings. The smallest absolute Gasteiger partial charge is 0.240 e. The Hall–Kier alpha value is -1.39. The van der Waals surface area contributed by atoms with E-state index in [0.717, 1.165) is 12.1 Å². The molecule has 0 aromatic heterocycles. The normalized spacial score (nSPS) is 20.9. The highest BCUT2D eigenvalue weighted by Crippen LogP contribution is 2.23. The van der Waals surface area contributed by atoms with E-state index in [1.807, 2.05) is 6.92 Å². The molecule has 0 unspecified atom stereocenters. The van der Waals surface area contributed by atoms with Gasteiger partial charge in [0.15, 0.2) is 0 Å². The van der Waals surface area contributed by atoms with Crippen LogP contribution >= 0.6 is 0 Å². The van der Waals surface area contributed by atoms with E-state index < -0.39 is 0 Å². The Morgan fingerprint density at radius 1 is 1.33 bits per heavy atom. The maximum atomic E-state index is 12.2. The Balaban J connectivity index is 1.96. The summed E-state index contributed by atoms with van der Waals surface area (Å²) < 4.78 is 5.32. The van der Waals surface area contributed by atoms with Crippen molar-refractivity contribution in [1.29, 1.82) is 0 Å². The summed E-state index contributed by atoms with van der Waals surface area (Å²) >= 11 is 0. The van der Waals surface area contributed by atoms with E-state index in [1.165, 1.54) is 5.56 Å². The van der Waals surface area contributed by atoms with E-state index in [2.05, 4.69) is 55.7 Å². The Labute approximate surface area is 127 Å². The minimum absolute atomic E-state index is 0.00194. The number of rotatable bonds is 3. The van der Waals surface area contributed by atoms with Crippen LogP contribution in [0.2, 0.25) is 0 Å². The van der Waals surface area contributed by atoms with Crippen molar-refractivity contribution in [3.05, 3.63) is 35.4 Å². The lowest BCUT2D eigenvalue weighted by Crippen LogP contribution is -2.51. The first-order valence-electron chi connectivity index (χ1n) is 7.60. The first kappa shape index (κ1) is 16.0. The van der Waals surface area contributed by atoms with Crippen molar-refractivity contribution in [2.45, 2.75) is 45.2 Å². The molecule has 0 saturated carbocycles. The van der Waals surface area contributed by atoms with Gasteiger partial charge in [0.25, 0.3) is 0 Å². The van der Waals surface area contributed by atoms with Crippen molar-refractivity contribution in [1.82, 2.24) is 10.6 Å². The molecule has 21 heavy (non-hydrogen) atoms. The highest BCUT2D eigenvalue weighted by Gasteiger charge is 2.22. The minimum Gasteiger partial charge on any atom is -0.378 e. The van der Waals surface area contributed by atoms with Crippen LogP contribution in [-0.4, -0.2) is 31.7 Å². The molecule has 0 spiro atoms. The number of carbonyl (C=O) groups excluding carboxylic acids is 1. The average molecular weight is 290 g/mol. The van der Waals surface area contributed by atoms with Crippen molar-refractivity contribution in [3.63, 3.8) is 0 Å². The zero-order valence-corrected chi connectivity index (χ0v) is 13.4. The van der Waals surface area contributed by atoms with E-state index >= 15 is 0 Å². The van der Waals surface area contributed by atoms with Gasteiger partial charge in [0, 0.05) is 6.54 Å². The fourth-order valence-electron chi connectivity index (χ4n) is 2.40. The number of hydrogen-bond donors (Lipinski definition) is 2. The highest BCUT2D eigenvalue weighted by molar-refractivity contribution is 5.82. The predicted molar refractivity (Wildman–Crippen MR) is 84.3 cm³/mol. The zero-order chi connectivity index (χ0) is 15.5. The lowest BCUT2D eigenvalue weighted by atomic mass is 9.86. The monoisotopic (exact) mass is 290 g/mol. The van der Waals surface area contributed by atoms with E-state index in [1.54, 1.807) is 0 Å². The molecular formula is C17H26N2O2. The van der Waals surface area contributed by atoms with Gasteiger partial charge in [0.2, 0.25) is 5.91 Å². The molecule has 1 aromatic carbocycles. The molecule has 4 nitrogen and oxygen atoms in total. The zero-order valence-electron chi connectivity index (χ0n) is 13.4. The van der Waals surface area contributed by atoms with E-state index in [4.69, 9.17) is 4.74 Å². The van der Waals surface area contributed by atoms with Crippen LogP contribution < -0.4 is 10.6 Å². The van der Waals surface area contributed by atoms with Crippen LogP contribution in [0.4, 0.5) is 0 Å². The van der Waals surface area contributed by atoms with Crippen LogP contribution in [0.1, 0.15) is 44.9 Å². The fourth-order valence-corrected chi connectivity index (χ4v) is 2.40. The second kappa shape index (κ2) is 6.58. The second-order valence-electron chi connectivity index (χ2n) is 6.68. The molecule has 1 aliphatic rings. The topological polar surface area (TPSA) is 50.4 Å². The summed E-state index contributed by atoms with van der Waals surface area (Å²) in [7, 11) is 0. The number of ether oxygens (including phenoxy) is 1. The van der Waals surface area contributed by atoms with Crippen LogP contribution in [0.3, 0.4) is 0 Å². The number of benzene rings is 1. The largest absolute Gasteiger partial charge is 0.378 e. The molecule has 0 radical (unpaired) electrons.